The molecule has 0 saturated carbocycles. The number of hydrogen-bond donors (Lipinski definition) is 1. The van der Waals surface area contributed by atoms with E-state index in [-0.39, 0.29) is 0 Å². The first-order valence-corrected chi connectivity index (χ1v) is 8.44. The highest BCUT2D eigenvalue weighted by atomic mass is 15.1. The Bertz CT molecular complexity index is 909. The highest BCUT2D eigenvalue weighted by Crippen LogP contribution is 2.32. The van der Waals surface area contributed by atoms with Gasteiger partial charge in [-0.3, -0.25) is 4.99 Å². The van der Waals surface area contributed by atoms with Crippen LogP contribution in [0.1, 0.15) is 25.3 Å². The molecule has 0 aliphatic heterocycles. The van der Waals surface area contributed by atoms with Crippen LogP contribution >= 0.6 is 0 Å². The molecule has 0 aliphatic carbocycles. The number of nitrogens with zero attached hydrogens (tertiary/aromatic N) is 4. The maximum atomic E-state index is 4.40. The first-order chi connectivity index (χ1) is 12.1. The van der Waals surface area contributed by atoms with E-state index in [4.69, 9.17) is 0 Å². The number of H-pyrrole nitrogens is 1. The van der Waals surface area contributed by atoms with E-state index in [0.717, 1.165) is 58.6 Å². The van der Waals surface area contributed by atoms with Crippen LogP contribution in [0.2, 0.25) is 0 Å². The Hall–Kier alpha value is -2.95. The third-order valence-corrected chi connectivity index (χ3v) is 4.39. The molecule has 5 nitrogen and oxygen atoms in total. The summed E-state index contributed by atoms with van der Waals surface area (Å²) in [6.45, 7) is 11.1. The van der Waals surface area contributed by atoms with Gasteiger partial charge in [-0.05, 0) is 36.9 Å². The lowest BCUT2D eigenvalue weighted by molar-refractivity contribution is 0.464. The number of imidazole rings is 1. The highest BCUT2D eigenvalue weighted by Gasteiger charge is 2.12. The van der Waals surface area contributed by atoms with Gasteiger partial charge in [0.15, 0.2) is 5.65 Å². The summed E-state index contributed by atoms with van der Waals surface area (Å²) in [7, 11) is 2.07. The molecular weight excluding hydrogens is 310 g/mol. The Kier molecular flexibility index (Phi) is 4.93. The van der Waals surface area contributed by atoms with Crippen LogP contribution in [0.15, 0.2) is 48.4 Å². The molecular formula is C20H23N5. The predicted octanol–water partition coefficient (Wildman–Crippen LogP) is 4.66. The quantitative estimate of drug-likeness (QED) is 0.640. The van der Waals surface area contributed by atoms with E-state index in [1.807, 2.05) is 18.3 Å². The molecule has 3 rings (SSSR count). The van der Waals surface area contributed by atoms with Gasteiger partial charge < -0.3 is 9.88 Å². The number of pyridine rings is 1. The molecule has 0 unspecified atom stereocenters. The van der Waals surface area contributed by atoms with E-state index in [1.165, 1.54) is 0 Å². The van der Waals surface area contributed by atoms with Crippen molar-refractivity contribution in [2.45, 2.75) is 19.8 Å². The van der Waals surface area contributed by atoms with Crippen molar-refractivity contribution >= 4 is 29.3 Å². The van der Waals surface area contributed by atoms with E-state index in [2.05, 4.69) is 64.2 Å². The van der Waals surface area contributed by atoms with Crippen LogP contribution in [-0.2, 0) is 0 Å². The Morgan fingerprint density at radius 1 is 1.24 bits per heavy atom. The Morgan fingerprint density at radius 3 is 2.84 bits per heavy atom. The van der Waals surface area contributed by atoms with Crippen LogP contribution in [0.5, 0.6) is 0 Å². The molecule has 2 heterocycles. The Labute approximate surface area is 148 Å². The SMILES string of the molecule is C=Nc1ccc(-c2cnc3nc[nH]c3c2)cc1C(=C)N(C)CCCC. The van der Waals surface area contributed by atoms with Crippen molar-refractivity contribution in [2.75, 3.05) is 13.6 Å². The monoisotopic (exact) mass is 333 g/mol. The summed E-state index contributed by atoms with van der Waals surface area (Å²) < 4.78 is 0. The minimum absolute atomic E-state index is 0.720. The van der Waals surface area contributed by atoms with Crippen LogP contribution < -0.4 is 0 Å². The maximum Gasteiger partial charge on any atom is 0.177 e. The highest BCUT2D eigenvalue weighted by molar-refractivity contribution is 5.82. The summed E-state index contributed by atoms with van der Waals surface area (Å²) >= 11 is 0. The van der Waals surface area contributed by atoms with Crippen molar-refractivity contribution in [2.24, 2.45) is 4.99 Å². The van der Waals surface area contributed by atoms with Crippen molar-refractivity contribution in [3.8, 4) is 11.1 Å². The summed E-state index contributed by atoms with van der Waals surface area (Å²) in [5.74, 6) is 0. The fourth-order valence-electron chi connectivity index (χ4n) is 2.81. The van der Waals surface area contributed by atoms with Crippen molar-refractivity contribution < 1.29 is 0 Å². The summed E-state index contributed by atoms with van der Waals surface area (Å²) in [5, 5.41) is 0. The largest absolute Gasteiger partial charge is 0.375 e. The number of hydrogen-bond acceptors (Lipinski definition) is 4. The second kappa shape index (κ2) is 7.30. The maximum absolute atomic E-state index is 4.40. The molecule has 25 heavy (non-hydrogen) atoms. The second-order valence-electron chi connectivity index (χ2n) is 6.11. The number of aliphatic imine (C=N–C) groups is 1. The summed E-state index contributed by atoms with van der Waals surface area (Å²) in [5.41, 5.74) is 6.52. The number of rotatable bonds is 7. The van der Waals surface area contributed by atoms with Crippen LogP contribution in [0.4, 0.5) is 5.69 Å². The molecule has 0 spiro atoms. The smallest absolute Gasteiger partial charge is 0.177 e. The zero-order valence-corrected chi connectivity index (χ0v) is 14.8. The minimum atomic E-state index is 0.720. The number of unbranched alkanes of at least 4 members (excludes halogenated alkanes) is 1. The Balaban J connectivity index is 1.99. The van der Waals surface area contributed by atoms with Crippen molar-refractivity contribution in [3.05, 3.63) is 48.9 Å². The molecule has 128 valence electrons. The van der Waals surface area contributed by atoms with Gasteiger partial charge in [0.25, 0.3) is 0 Å². The van der Waals surface area contributed by atoms with Crippen molar-refractivity contribution in [1.82, 2.24) is 19.9 Å². The molecule has 0 radical (unpaired) electrons. The molecule has 1 aromatic carbocycles. The first kappa shape index (κ1) is 16.9. The Morgan fingerprint density at radius 2 is 2.08 bits per heavy atom. The van der Waals surface area contributed by atoms with Gasteiger partial charge in [-0.25, -0.2) is 9.97 Å². The minimum Gasteiger partial charge on any atom is -0.375 e. The molecule has 2 aromatic heterocycles. The fourth-order valence-corrected chi connectivity index (χ4v) is 2.81. The number of aromatic nitrogens is 3. The van der Waals surface area contributed by atoms with Gasteiger partial charge in [0.1, 0.15) is 0 Å². The summed E-state index contributed by atoms with van der Waals surface area (Å²) in [6.07, 6.45) is 5.78. The summed E-state index contributed by atoms with van der Waals surface area (Å²) in [4.78, 5) is 18.0. The molecule has 0 aliphatic rings. The van der Waals surface area contributed by atoms with E-state index >= 15 is 0 Å². The van der Waals surface area contributed by atoms with Gasteiger partial charge in [0, 0.05) is 36.6 Å². The number of benzene rings is 1. The molecule has 0 amide bonds. The lowest BCUT2D eigenvalue weighted by Gasteiger charge is -2.23. The van der Waals surface area contributed by atoms with Gasteiger partial charge in [-0.2, -0.15) is 0 Å². The zero-order valence-electron chi connectivity index (χ0n) is 14.8. The fraction of sp³-hybridized carbons (Fsp3) is 0.250. The average Bonchev–Trinajstić information content (AvgIpc) is 3.12. The lowest BCUT2D eigenvalue weighted by Crippen LogP contribution is -2.17. The van der Waals surface area contributed by atoms with E-state index in [0.29, 0.717) is 0 Å². The number of fused-ring (bicyclic) bond motifs is 1. The summed E-state index contributed by atoms with van der Waals surface area (Å²) in [6, 6.07) is 8.17. The van der Waals surface area contributed by atoms with Gasteiger partial charge in [0.05, 0.1) is 17.5 Å². The predicted molar refractivity (Wildman–Crippen MR) is 105 cm³/mol. The average molecular weight is 333 g/mol. The molecule has 1 N–H and O–H groups in total. The van der Waals surface area contributed by atoms with Crippen LogP contribution in [0.3, 0.4) is 0 Å². The molecule has 0 atom stereocenters. The van der Waals surface area contributed by atoms with Crippen LogP contribution in [0, 0.1) is 0 Å². The lowest BCUT2D eigenvalue weighted by atomic mass is 10.0. The van der Waals surface area contributed by atoms with E-state index < -0.39 is 0 Å². The van der Waals surface area contributed by atoms with E-state index in [1.54, 1.807) is 6.33 Å². The van der Waals surface area contributed by atoms with Gasteiger partial charge in [-0.15, -0.1) is 0 Å². The normalized spacial score (nSPS) is 10.8. The van der Waals surface area contributed by atoms with E-state index in [9.17, 15) is 0 Å². The topological polar surface area (TPSA) is 57.2 Å². The zero-order chi connectivity index (χ0) is 17.8. The van der Waals surface area contributed by atoms with Gasteiger partial charge in [0.2, 0.25) is 0 Å². The first-order valence-electron chi connectivity index (χ1n) is 8.44. The molecule has 5 heteroatoms. The third kappa shape index (κ3) is 3.45. The molecule has 0 saturated heterocycles. The molecule has 0 fully saturated rings. The van der Waals surface area contributed by atoms with Gasteiger partial charge >= 0.3 is 0 Å². The second-order valence-corrected chi connectivity index (χ2v) is 6.11. The molecule has 3 aromatic rings. The van der Waals surface area contributed by atoms with Gasteiger partial charge in [-0.1, -0.05) is 26.0 Å². The number of nitrogens with one attached hydrogen (secondary N) is 1. The standard InChI is InChI=1S/C20H23N5/c1-5-6-9-25(4)14(2)17-10-15(7-8-18(17)21-3)16-11-19-20(22-12-16)24-13-23-19/h7-8,10-13H,2-3,5-6,9H2,1,4H3,(H,22,23,24). The van der Waals surface area contributed by atoms with Crippen LogP contribution in [-0.4, -0.2) is 40.2 Å². The van der Waals surface area contributed by atoms with Crippen LogP contribution in [0.25, 0.3) is 28.0 Å². The van der Waals surface area contributed by atoms with Crippen molar-refractivity contribution in [1.29, 1.82) is 0 Å². The molecule has 0 bridgehead atoms. The number of aromatic amines is 1. The van der Waals surface area contributed by atoms with Crippen molar-refractivity contribution in [3.63, 3.8) is 0 Å². The third-order valence-electron chi connectivity index (χ3n) is 4.39.